The molecule has 0 saturated heterocycles. The molecule has 1 aliphatic carbocycles. The molecule has 0 radical (unpaired) electrons. The van der Waals surface area contributed by atoms with Crippen molar-refractivity contribution in [2.24, 2.45) is 0 Å². The molecule has 1 aromatic heterocycles. The molecule has 2 N–H and O–H groups in total. The molecule has 118 valence electrons. The van der Waals surface area contributed by atoms with E-state index in [0.29, 0.717) is 12.6 Å². The third kappa shape index (κ3) is 3.84. The lowest BCUT2D eigenvalue weighted by Gasteiger charge is -2.31. The van der Waals surface area contributed by atoms with Crippen LogP contribution in [0.5, 0.6) is 0 Å². The summed E-state index contributed by atoms with van der Waals surface area (Å²) in [6, 6.07) is 2.48. The van der Waals surface area contributed by atoms with Crippen LogP contribution >= 0.6 is 0 Å². The van der Waals surface area contributed by atoms with E-state index in [1.54, 1.807) is 0 Å². The Morgan fingerprint density at radius 2 is 1.95 bits per heavy atom. The van der Waals surface area contributed by atoms with Crippen LogP contribution in [0.15, 0.2) is 6.07 Å². The summed E-state index contributed by atoms with van der Waals surface area (Å²) in [5.41, 5.74) is -0.0951. The van der Waals surface area contributed by atoms with Gasteiger partial charge in [0.15, 0.2) is 0 Å². The van der Waals surface area contributed by atoms with Crippen LogP contribution in [-0.2, 0) is 5.41 Å². The molecule has 1 fully saturated rings. The standard InChI is InChI=1S/C16H28N4O/c1-16(2,3)15-18-13(17-4)11-14(19-15)20(9-10-21)12-7-5-6-8-12/h11-12,21H,5-10H2,1-4H3,(H,17,18,19). The molecule has 0 unspecified atom stereocenters. The molecule has 0 amide bonds. The first-order valence-electron chi connectivity index (χ1n) is 7.90. The summed E-state index contributed by atoms with van der Waals surface area (Å²) in [5.74, 6) is 2.61. The van der Waals surface area contributed by atoms with E-state index in [9.17, 15) is 5.11 Å². The SMILES string of the molecule is CNc1cc(N(CCO)C2CCCC2)nc(C(C)(C)C)n1. The maximum absolute atomic E-state index is 9.41. The smallest absolute Gasteiger partial charge is 0.138 e. The average molecular weight is 292 g/mol. The Hall–Kier alpha value is -1.36. The van der Waals surface area contributed by atoms with Crippen LogP contribution in [0.2, 0.25) is 0 Å². The maximum atomic E-state index is 9.41. The maximum Gasteiger partial charge on any atom is 0.138 e. The summed E-state index contributed by atoms with van der Waals surface area (Å²) in [7, 11) is 1.88. The van der Waals surface area contributed by atoms with Gasteiger partial charge in [0.05, 0.1) is 6.61 Å². The fourth-order valence-electron chi connectivity index (χ4n) is 2.85. The van der Waals surface area contributed by atoms with E-state index in [2.05, 4.69) is 36.0 Å². The van der Waals surface area contributed by atoms with Crippen LogP contribution in [0.1, 0.15) is 52.3 Å². The van der Waals surface area contributed by atoms with Crippen molar-refractivity contribution >= 4 is 11.6 Å². The fraction of sp³-hybridized carbons (Fsp3) is 0.750. The van der Waals surface area contributed by atoms with Gasteiger partial charge in [-0.15, -0.1) is 0 Å². The Morgan fingerprint density at radius 3 is 2.48 bits per heavy atom. The zero-order valence-corrected chi connectivity index (χ0v) is 13.7. The van der Waals surface area contributed by atoms with E-state index in [1.807, 2.05) is 13.1 Å². The minimum Gasteiger partial charge on any atom is -0.395 e. The van der Waals surface area contributed by atoms with Crippen LogP contribution in [-0.4, -0.2) is 41.3 Å². The van der Waals surface area contributed by atoms with Gasteiger partial charge in [0, 0.05) is 31.1 Å². The number of hydrogen-bond acceptors (Lipinski definition) is 5. The van der Waals surface area contributed by atoms with E-state index in [-0.39, 0.29) is 12.0 Å². The van der Waals surface area contributed by atoms with Gasteiger partial charge in [0.25, 0.3) is 0 Å². The highest BCUT2D eigenvalue weighted by atomic mass is 16.3. The molecule has 2 rings (SSSR count). The molecule has 0 atom stereocenters. The Kier molecular flexibility index (Phi) is 5.04. The summed E-state index contributed by atoms with van der Waals surface area (Å²) in [6.07, 6.45) is 4.90. The monoisotopic (exact) mass is 292 g/mol. The molecule has 21 heavy (non-hydrogen) atoms. The minimum atomic E-state index is -0.0951. The topological polar surface area (TPSA) is 61.3 Å². The molecule has 5 nitrogen and oxygen atoms in total. The van der Waals surface area contributed by atoms with Gasteiger partial charge in [-0.2, -0.15) is 0 Å². The molecule has 1 heterocycles. The zero-order chi connectivity index (χ0) is 15.5. The predicted octanol–water partition coefficient (Wildman–Crippen LogP) is 2.56. The largest absolute Gasteiger partial charge is 0.395 e. The van der Waals surface area contributed by atoms with Crippen molar-refractivity contribution in [3.8, 4) is 0 Å². The fourth-order valence-corrected chi connectivity index (χ4v) is 2.85. The van der Waals surface area contributed by atoms with Gasteiger partial charge < -0.3 is 15.3 Å². The number of aliphatic hydroxyl groups excluding tert-OH is 1. The third-order valence-corrected chi connectivity index (χ3v) is 4.04. The quantitative estimate of drug-likeness (QED) is 0.873. The second kappa shape index (κ2) is 6.60. The van der Waals surface area contributed by atoms with E-state index in [4.69, 9.17) is 4.98 Å². The molecule has 5 heteroatoms. The summed E-state index contributed by atoms with van der Waals surface area (Å²) in [4.78, 5) is 11.6. The summed E-state index contributed by atoms with van der Waals surface area (Å²) in [5, 5.41) is 12.5. The Bertz CT molecular complexity index is 464. The van der Waals surface area contributed by atoms with Crippen molar-refractivity contribution in [2.75, 3.05) is 30.4 Å². The van der Waals surface area contributed by atoms with E-state index < -0.39 is 0 Å². The van der Waals surface area contributed by atoms with Gasteiger partial charge in [-0.1, -0.05) is 33.6 Å². The average Bonchev–Trinajstić information content (AvgIpc) is 2.97. The van der Waals surface area contributed by atoms with Crippen molar-refractivity contribution < 1.29 is 5.11 Å². The molecule has 1 aromatic rings. The van der Waals surface area contributed by atoms with E-state index in [0.717, 1.165) is 17.5 Å². The summed E-state index contributed by atoms with van der Waals surface area (Å²) >= 11 is 0. The van der Waals surface area contributed by atoms with Gasteiger partial charge in [0.2, 0.25) is 0 Å². The lowest BCUT2D eigenvalue weighted by Crippen LogP contribution is -2.37. The lowest BCUT2D eigenvalue weighted by atomic mass is 9.95. The van der Waals surface area contributed by atoms with Gasteiger partial charge >= 0.3 is 0 Å². The van der Waals surface area contributed by atoms with Crippen LogP contribution in [0, 0.1) is 0 Å². The van der Waals surface area contributed by atoms with Gasteiger partial charge in [-0.3, -0.25) is 0 Å². The van der Waals surface area contributed by atoms with Gasteiger partial charge in [-0.05, 0) is 12.8 Å². The number of hydrogen-bond donors (Lipinski definition) is 2. The summed E-state index contributed by atoms with van der Waals surface area (Å²) < 4.78 is 0. The molecule has 1 aliphatic rings. The highest BCUT2D eigenvalue weighted by molar-refractivity contribution is 5.50. The van der Waals surface area contributed by atoms with E-state index in [1.165, 1.54) is 25.7 Å². The number of nitrogens with zero attached hydrogens (tertiary/aromatic N) is 3. The highest BCUT2D eigenvalue weighted by Gasteiger charge is 2.26. The van der Waals surface area contributed by atoms with Crippen LogP contribution in [0.4, 0.5) is 11.6 Å². The van der Waals surface area contributed by atoms with Crippen molar-refractivity contribution in [1.82, 2.24) is 9.97 Å². The first kappa shape index (κ1) is 16.0. The van der Waals surface area contributed by atoms with Gasteiger partial charge in [0.1, 0.15) is 17.5 Å². The molecule has 0 spiro atoms. The van der Waals surface area contributed by atoms with Crippen LogP contribution in [0.3, 0.4) is 0 Å². The van der Waals surface area contributed by atoms with Crippen molar-refractivity contribution in [3.63, 3.8) is 0 Å². The second-order valence-corrected chi connectivity index (χ2v) is 6.79. The van der Waals surface area contributed by atoms with Crippen LogP contribution in [0.25, 0.3) is 0 Å². The number of aliphatic hydroxyl groups is 1. The third-order valence-electron chi connectivity index (χ3n) is 4.04. The number of aromatic nitrogens is 2. The number of rotatable bonds is 5. The Balaban J connectivity index is 2.38. The lowest BCUT2D eigenvalue weighted by molar-refractivity contribution is 0.296. The first-order valence-corrected chi connectivity index (χ1v) is 7.90. The summed E-state index contributed by atoms with van der Waals surface area (Å²) in [6.45, 7) is 7.15. The van der Waals surface area contributed by atoms with Crippen molar-refractivity contribution in [2.45, 2.75) is 57.9 Å². The molecule has 0 aromatic carbocycles. The van der Waals surface area contributed by atoms with Crippen molar-refractivity contribution in [1.29, 1.82) is 0 Å². The first-order chi connectivity index (χ1) is 9.95. The predicted molar refractivity (Wildman–Crippen MR) is 87.0 cm³/mol. The Labute approximate surface area is 127 Å². The second-order valence-electron chi connectivity index (χ2n) is 6.79. The number of anilines is 2. The molecule has 0 bridgehead atoms. The minimum absolute atomic E-state index is 0.0951. The molecule has 0 aliphatic heterocycles. The van der Waals surface area contributed by atoms with Crippen molar-refractivity contribution in [3.05, 3.63) is 11.9 Å². The van der Waals surface area contributed by atoms with Gasteiger partial charge in [-0.25, -0.2) is 9.97 Å². The Morgan fingerprint density at radius 1 is 1.29 bits per heavy atom. The molecule has 1 saturated carbocycles. The van der Waals surface area contributed by atoms with E-state index >= 15 is 0 Å². The number of nitrogens with one attached hydrogen (secondary N) is 1. The molecular weight excluding hydrogens is 264 g/mol. The highest BCUT2D eigenvalue weighted by Crippen LogP contribution is 2.30. The molecular formula is C16H28N4O. The zero-order valence-electron chi connectivity index (χ0n) is 13.7. The normalized spacial score (nSPS) is 16.2. The van der Waals surface area contributed by atoms with Crippen LogP contribution < -0.4 is 10.2 Å².